The Balaban J connectivity index is 1.64. The average Bonchev–Trinajstić information content (AvgIpc) is 2.89. The van der Waals surface area contributed by atoms with Gasteiger partial charge in [-0.1, -0.05) is 19.1 Å². The third-order valence-corrected chi connectivity index (χ3v) is 6.48. The number of halogens is 1. The highest BCUT2D eigenvalue weighted by Gasteiger charge is 2.35. The van der Waals surface area contributed by atoms with E-state index < -0.39 is 5.60 Å². The molecular weight excluding hydrogens is 351 g/mol. The largest absolute Gasteiger partial charge is 0.490 e. The fourth-order valence-corrected chi connectivity index (χ4v) is 4.57. The minimum Gasteiger partial charge on any atom is -0.490 e. The normalized spacial score (nSPS) is 21.5. The molecule has 0 saturated carbocycles. The van der Waals surface area contributed by atoms with Gasteiger partial charge >= 0.3 is 0 Å². The van der Waals surface area contributed by atoms with Crippen LogP contribution in [0.15, 0.2) is 24.3 Å². The van der Waals surface area contributed by atoms with Gasteiger partial charge in [0.1, 0.15) is 10.6 Å². The van der Waals surface area contributed by atoms with Crippen molar-refractivity contribution in [3.05, 3.63) is 45.7 Å². The van der Waals surface area contributed by atoms with Crippen molar-refractivity contribution in [3.63, 3.8) is 0 Å². The summed E-state index contributed by atoms with van der Waals surface area (Å²) < 4.78 is 19.2. The summed E-state index contributed by atoms with van der Waals surface area (Å²) in [5, 5.41) is 12.0. The third kappa shape index (κ3) is 4.42. The van der Waals surface area contributed by atoms with Crippen molar-refractivity contribution in [1.82, 2.24) is 9.88 Å². The molecule has 2 heterocycles. The van der Waals surface area contributed by atoms with Crippen molar-refractivity contribution in [3.8, 4) is 5.75 Å². The van der Waals surface area contributed by atoms with Gasteiger partial charge in [0.05, 0.1) is 12.3 Å². The molecule has 1 saturated heterocycles. The van der Waals surface area contributed by atoms with Crippen molar-refractivity contribution < 1.29 is 14.2 Å². The van der Waals surface area contributed by atoms with Crippen LogP contribution in [0.1, 0.15) is 41.8 Å². The Hall–Kier alpha value is -1.50. The molecule has 6 heteroatoms. The Bertz CT molecular complexity index is 736. The molecule has 1 aliphatic heterocycles. The zero-order valence-electron chi connectivity index (χ0n) is 15.5. The number of hydrogen-bond donors (Lipinski definition) is 1. The number of likely N-dealkylation sites (tertiary alicyclic amines) is 1. The number of ether oxygens (including phenoxy) is 1. The molecule has 0 unspecified atom stereocenters. The molecule has 4 nitrogen and oxygen atoms in total. The van der Waals surface area contributed by atoms with Crippen molar-refractivity contribution in [2.75, 3.05) is 26.2 Å². The predicted molar refractivity (Wildman–Crippen MR) is 102 cm³/mol. The van der Waals surface area contributed by atoms with E-state index in [2.05, 4.69) is 16.8 Å². The second-order valence-electron chi connectivity index (χ2n) is 6.88. The van der Waals surface area contributed by atoms with E-state index in [0.717, 1.165) is 54.5 Å². The van der Waals surface area contributed by atoms with Crippen LogP contribution >= 0.6 is 11.3 Å². The molecule has 0 radical (unpaired) electrons. The molecule has 1 fully saturated rings. The second-order valence-corrected chi connectivity index (χ2v) is 7.96. The van der Waals surface area contributed by atoms with E-state index >= 15 is 0 Å². The first-order chi connectivity index (χ1) is 12.5. The van der Waals surface area contributed by atoms with E-state index in [-0.39, 0.29) is 11.6 Å². The smallest absolute Gasteiger partial charge is 0.165 e. The molecule has 1 aromatic heterocycles. The van der Waals surface area contributed by atoms with Crippen molar-refractivity contribution in [2.24, 2.45) is 0 Å². The molecule has 1 N–H and O–H groups in total. The molecule has 3 rings (SSSR count). The number of aromatic nitrogens is 1. The number of nitrogens with zero attached hydrogens (tertiary/aromatic N) is 2. The third-order valence-electron chi connectivity index (χ3n) is 5.07. The van der Waals surface area contributed by atoms with E-state index in [0.29, 0.717) is 13.0 Å². The predicted octanol–water partition coefficient (Wildman–Crippen LogP) is 3.91. The van der Waals surface area contributed by atoms with Crippen molar-refractivity contribution in [1.29, 1.82) is 0 Å². The van der Waals surface area contributed by atoms with E-state index in [1.54, 1.807) is 29.5 Å². The van der Waals surface area contributed by atoms with Gasteiger partial charge in [-0.25, -0.2) is 9.37 Å². The van der Waals surface area contributed by atoms with Crippen LogP contribution in [-0.2, 0) is 12.0 Å². The average molecular weight is 379 g/mol. The summed E-state index contributed by atoms with van der Waals surface area (Å²) in [5.41, 5.74) is 0.108. The summed E-state index contributed by atoms with van der Waals surface area (Å²) in [6, 6.07) is 6.44. The van der Waals surface area contributed by atoms with Crippen LogP contribution in [0.25, 0.3) is 0 Å². The van der Waals surface area contributed by atoms with Gasteiger partial charge in [0.15, 0.2) is 11.6 Å². The highest BCUT2D eigenvalue weighted by Crippen LogP contribution is 2.36. The first-order valence-electron chi connectivity index (χ1n) is 9.30. The molecule has 0 spiro atoms. The van der Waals surface area contributed by atoms with Gasteiger partial charge < -0.3 is 14.7 Å². The van der Waals surface area contributed by atoms with Crippen LogP contribution in [0.3, 0.4) is 0 Å². The molecule has 2 aromatic rings. The Morgan fingerprint density at radius 2 is 2.12 bits per heavy atom. The van der Waals surface area contributed by atoms with Crippen LogP contribution in [0, 0.1) is 12.7 Å². The minimum absolute atomic E-state index is 0.275. The zero-order chi connectivity index (χ0) is 18.6. The standard InChI is InChI=1S/C20H27FN2O2S/c1-3-23-12-6-10-20(24,11-13-23)19-22-15(2)18(26-19)9-14-25-17-8-5-4-7-16(17)21/h4-5,7-8,24H,3,6,9-14H2,1-2H3/t20-/m0/s1. The van der Waals surface area contributed by atoms with Crippen LogP contribution in [0.5, 0.6) is 5.75 Å². The molecule has 142 valence electrons. The topological polar surface area (TPSA) is 45.6 Å². The summed E-state index contributed by atoms with van der Waals surface area (Å²) in [6.45, 7) is 7.48. The SMILES string of the molecule is CCN1CCC[C@@](O)(c2nc(C)c(CCOc3ccccc3F)s2)CC1. The second kappa shape index (κ2) is 8.46. The zero-order valence-corrected chi connectivity index (χ0v) is 16.3. The lowest BCUT2D eigenvalue weighted by molar-refractivity contribution is 0.0210. The first kappa shape index (κ1) is 19.3. The van der Waals surface area contributed by atoms with Gasteiger partial charge in [0.25, 0.3) is 0 Å². The van der Waals surface area contributed by atoms with Crippen LogP contribution in [-0.4, -0.2) is 41.2 Å². The quantitative estimate of drug-likeness (QED) is 0.828. The van der Waals surface area contributed by atoms with E-state index in [1.165, 1.54) is 6.07 Å². The lowest BCUT2D eigenvalue weighted by Gasteiger charge is -2.24. The van der Waals surface area contributed by atoms with E-state index in [9.17, 15) is 9.50 Å². The van der Waals surface area contributed by atoms with Gasteiger partial charge in [0, 0.05) is 17.8 Å². The maximum Gasteiger partial charge on any atom is 0.165 e. The Morgan fingerprint density at radius 3 is 2.88 bits per heavy atom. The number of para-hydroxylation sites is 1. The molecular formula is C20H27FN2O2S. The Kier molecular flexibility index (Phi) is 6.27. The molecule has 0 aliphatic carbocycles. The molecule has 0 amide bonds. The fourth-order valence-electron chi connectivity index (χ4n) is 3.38. The van der Waals surface area contributed by atoms with E-state index in [1.807, 2.05) is 6.92 Å². The van der Waals surface area contributed by atoms with Gasteiger partial charge in [-0.15, -0.1) is 11.3 Å². The molecule has 1 aromatic carbocycles. The molecule has 1 atom stereocenters. The number of hydrogen-bond acceptors (Lipinski definition) is 5. The van der Waals surface area contributed by atoms with Gasteiger partial charge in [-0.3, -0.25) is 0 Å². The fraction of sp³-hybridized carbons (Fsp3) is 0.550. The van der Waals surface area contributed by atoms with Gasteiger partial charge in [-0.2, -0.15) is 0 Å². The van der Waals surface area contributed by atoms with Gasteiger partial charge in [0.2, 0.25) is 0 Å². The monoisotopic (exact) mass is 378 g/mol. The first-order valence-corrected chi connectivity index (χ1v) is 10.1. The molecule has 0 bridgehead atoms. The van der Waals surface area contributed by atoms with Crippen molar-refractivity contribution >= 4 is 11.3 Å². The highest BCUT2D eigenvalue weighted by molar-refractivity contribution is 7.11. The minimum atomic E-state index is -0.829. The molecule has 1 aliphatic rings. The number of rotatable bonds is 6. The number of benzene rings is 1. The van der Waals surface area contributed by atoms with Crippen LogP contribution in [0.2, 0.25) is 0 Å². The van der Waals surface area contributed by atoms with Crippen LogP contribution < -0.4 is 4.74 Å². The highest BCUT2D eigenvalue weighted by atomic mass is 32.1. The lowest BCUT2D eigenvalue weighted by atomic mass is 9.96. The summed E-state index contributed by atoms with van der Waals surface area (Å²) in [6.07, 6.45) is 3.12. The van der Waals surface area contributed by atoms with Gasteiger partial charge in [-0.05, 0) is 51.4 Å². The summed E-state index contributed by atoms with van der Waals surface area (Å²) in [5.74, 6) is -0.0700. The maximum absolute atomic E-state index is 13.6. The Morgan fingerprint density at radius 1 is 1.31 bits per heavy atom. The number of aryl methyl sites for hydroxylation is 1. The summed E-state index contributed by atoms with van der Waals surface area (Å²) in [4.78, 5) is 8.14. The maximum atomic E-state index is 13.6. The van der Waals surface area contributed by atoms with E-state index in [4.69, 9.17) is 4.74 Å². The molecule has 26 heavy (non-hydrogen) atoms. The van der Waals surface area contributed by atoms with Crippen molar-refractivity contribution in [2.45, 2.75) is 45.1 Å². The number of aliphatic hydroxyl groups is 1. The van der Waals surface area contributed by atoms with Crippen LogP contribution in [0.4, 0.5) is 4.39 Å². The summed E-state index contributed by atoms with van der Waals surface area (Å²) in [7, 11) is 0. The Labute approximate surface area is 158 Å². The summed E-state index contributed by atoms with van der Waals surface area (Å²) >= 11 is 1.57. The number of thiazole rings is 1. The lowest BCUT2D eigenvalue weighted by Crippen LogP contribution is -2.29.